The van der Waals surface area contributed by atoms with Crippen LogP contribution in [-0.2, 0) is 25.6 Å². The summed E-state index contributed by atoms with van der Waals surface area (Å²) in [7, 11) is 2.37. The minimum absolute atomic E-state index is 0.173. The van der Waals surface area contributed by atoms with Crippen LogP contribution < -0.4 is 0 Å². The molecule has 1 rings (SSSR count). The van der Waals surface area contributed by atoms with Crippen molar-refractivity contribution in [2.24, 2.45) is 0 Å². The zero-order valence-corrected chi connectivity index (χ0v) is 11.7. The number of carbonyl (C=O) groups excluding carboxylic acids is 2. The Balaban J connectivity index is 2.64. The Morgan fingerprint density at radius 1 is 1.29 bits per heavy atom. The van der Waals surface area contributed by atoms with Gasteiger partial charge in [0.2, 0.25) is 5.76 Å². The van der Waals surface area contributed by atoms with Gasteiger partial charge in [0.15, 0.2) is 0 Å². The second-order valence-corrected chi connectivity index (χ2v) is 4.02. The fourth-order valence-electron chi connectivity index (χ4n) is 1.53. The first kappa shape index (κ1) is 16.6. The molecule has 0 saturated heterocycles. The topological polar surface area (TPSA) is 76.1 Å². The van der Waals surface area contributed by atoms with E-state index >= 15 is 0 Å². The Morgan fingerprint density at radius 2 is 1.90 bits per heavy atom. The van der Waals surface area contributed by atoms with Crippen molar-refractivity contribution >= 4 is 11.9 Å². The summed E-state index contributed by atoms with van der Waals surface area (Å²) in [4.78, 5) is 27.6. The van der Waals surface area contributed by atoms with E-state index in [0.717, 1.165) is 17.7 Å². The number of hydrogen-bond donors (Lipinski definition) is 1. The number of halogens is 1. The van der Waals surface area contributed by atoms with Crippen molar-refractivity contribution in [2.45, 2.75) is 6.42 Å². The molecule has 0 spiro atoms. The van der Waals surface area contributed by atoms with Gasteiger partial charge in [0.05, 0.1) is 26.8 Å². The molecule has 0 aromatic heterocycles. The van der Waals surface area contributed by atoms with E-state index in [-0.39, 0.29) is 12.4 Å². The largest absolute Gasteiger partial charge is 0.502 e. The summed E-state index contributed by atoms with van der Waals surface area (Å²) in [6.45, 7) is 0.173. The van der Waals surface area contributed by atoms with E-state index in [2.05, 4.69) is 4.74 Å². The number of hydrogen-bond acceptors (Lipinski definition) is 5. The number of rotatable bonds is 6. The zero-order valence-electron chi connectivity index (χ0n) is 11.7. The SMILES string of the molecule is COC(=O)/C(O)=C/C(=O)N(CCc1ccc(F)cc1)OC. The molecule has 1 aromatic carbocycles. The minimum atomic E-state index is -1.02. The van der Waals surface area contributed by atoms with Gasteiger partial charge in [-0.2, -0.15) is 0 Å². The predicted molar refractivity (Wildman–Crippen MR) is 71.6 cm³/mol. The number of aliphatic hydroxyl groups excluding tert-OH is 1. The lowest BCUT2D eigenvalue weighted by Crippen LogP contribution is -2.31. The number of ether oxygens (including phenoxy) is 1. The van der Waals surface area contributed by atoms with Crippen molar-refractivity contribution < 1.29 is 28.7 Å². The van der Waals surface area contributed by atoms with Gasteiger partial charge in [0.1, 0.15) is 5.82 Å². The minimum Gasteiger partial charge on any atom is -0.502 e. The first-order chi connectivity index (χ1) is 9.97. The number of nitrogens with zero attached hydrogens (tertiary/aromatic N) is 1. The lowest BCUT2D eigenvalue weighted by atomic mass is 10.1. The van der Waals surface area contributed by atoms with Crippen LogP contribution in [0, 0.1) is 5.82 Å². The number of methoxy groups -OCH3 is 1. The van der Waals surface area contributed by atoms with E-state index in [1.54, 1.807) is 12.1 Å². The Labute approximate surface area is 121 Å². The number of benzene rings is 1. The third kappa shape index (κ3) is 5.23. The van der Waals surface area contributed by atoms with Crippen LogP contribution >= 0.6 is 0 Å². The molecule has 1 N–H and O–H groups in total. The maximum atomic E-state index is 12.8. The highest BCUT2D eigenvalue weighted by molar-refractivity contribution is 5.96. The van der Waals surface area contributed by atoms with E-state index in [1.165, 1.54) is 19.2 Å². The van der Waals surface area contributed by atoms with Crippen molar-refractivity contribution in [1.82, 2.24) is 5.06 Å². The Bertz CT molecular complexity index is 527. The first-order valence-corrected chi connectivity index (χ1v) is 6.07. The van der Waals surface area contributed by atoms with Crippen LogP contribution in [0.3, 0.4) is 0 Å². The smallest absolute Gasteiger partial charge is 0.373 e. The number of aliphatic hydroxyl groups is 1. The van der Waals surface area contributed by atoms with E-state index in [9.17, 15) is 19.1 Å². The van der Waals surface area contributed by atoms with Gasteiger partial charge in [-0.3, -0.25) is 9.63 Å². The van der Waals surface area contributed by atoms with Crippen LogP contribution in [0.1, 0.15) is 5.56 Å². The molecule has 0 aliphatic heterocycles. The number of carbonyl (C=O) groups is 2. The van der Waals surface area contributed by atoms with Crippen LogP contribution in [0.2, 0.25) is 0 Å². The van der Waals surface area contributed by atoms with Crippen LogP contribution in [0.5, 0.6) is 0 Å². The molecule has 0 saturated carbocycles. The normalized spacial score (nSPS) is 11.1. The highest BCUT2D eigenvalue weighted by atomic mass is 19.1. The summed E-state index contributed by atoms with van der Waals surface area (Å²) >= 11 is 0. The van der Waals surface area contributed by atoms with Crippen LogP contribution in [0.4, 0.5) is 4.39 Å². The van der Waals surface area contributed by atoms with Crippen molar-refractivity contribution in [3.05, 3.63) is 47.5 Å². The third-order valence-electron chi connectivity index (χ3n) is 2.64. The van der Waals surface area contributed by atoms with Crippen molar-refractivity contribution in [3.63, 3.8) is 0 Å². The molecule has 114 valence electrons. The molecule has 0 atom stereocenters. The molecule has 0 unspecified atom stereocenters. The van der Waals surface area contributed by atoms with Gasteiger partial charge < -0.3 is 9.84 Å². The maximum Gasteiger partial charge on any atom is 0.373 e. The highest BCUT2D eigenvalue weighted by Crippen LogP contribution is 2.06. The summed E-state index contributed by atoms with van der Waals surface area (Å²) in [6, 6.07) is 5.82. The van der Waals surface area contributed by atoms with Gasteiger partial charge in [-0.25, -0.2) is 14.2 Å². The van der Waals surface area contributed by atoms with Crippen molar-refractivity contribution in [1.29, 1.82) is 0 Å². The fraction of sp³-hybridized carbons (Fsp3) is 0.286. The van der Waals surface area contributed by atoms with Crippen LogP contribution in [0.25, 0.3) is 0 Å². The van der Waals surface area contributed by atoms with Gasteiger partial charge in [-0.05, 0) is 24.1 Å². The van der Waals surface area contributed by atoms with E-state index in [4.69, 9.17) is 4.84 Å². The molecule has 0 radical (unpaired) electrons. The molecule has 0 fully saturated rings. The van der Waals surface area contributed by atoms with Gasteiger partial charge in [0, 0.05) is 0 Å². The second-order valence-electron chi connectivity index (χ2n) is 4.02. The van der Waals surface area contributed by atoms with Crippen molar-refractivity contribution in [2.75, 3.05) is 20.8 Å². The summed E-state index contributed by atoms with van der Waals surface area (Å²) in [5.74, 6) is -2.88. The quantitative estimate of drug-likeness (QED) is 0.371. The van der Waals surface area contributed by atoms with Crippen molar-refractivity contribution in [3.8, 4) is 0 Å². The first-order valence-electron chi connectivity index (χ1n) is 6.07. The lowest BCUT2D eigenvalue weighted by Gasteiger charge is -2.18. The average Bonchev–Trinajstić information content (AvgIpc) is 2.48. The molecule has 0 heterocycles. The molecule has 0 aliphatic carbocycles. The second kappa shape index (κ2) is 8.01. The zero-order chi connectivity index (χ0) is 15.8. The molecular weight excluding hydrogens is 281 g/mol. The molecule has 0 aliphatic rings. The summed E-state index contributed by atoms with van der Waals surface area (Å²) in [5.41, 5.74) is 0.812. The third-order valence-corrected chi connectivity index (χ3v) is 2.64. The molecule has 6 nitrogen and oxygen atoms in total. The number of hydroxylamine groups is 2. The molecule has 21 heavy (non-hydrogen) atoms. The molecule has 1 amide bonds. The fourth-order valence-corrected chi connectivity index (χ4v) is 1.53. The molecule has 0 bridgehead atoms. The maximum absolute atomic E-state index is 12.8. The van der Waals surface area contributed by atoms with E-state index < -0.39 is 17.6 Å². The summed E-state index contributed by atoms with van der Waals surface area (Å²) in [6.07, 6.45) is 1.13. The van der Waals surface area contributed by atoms with Gasteiger partial charge >= 0.3 is 5.97 Å². The average molecular weight is 297 g/mol. The summed E-state index contributed by atoms with van der Waals surface area (Å²) in [5, 5.41) is 10.3. The standard InChI is InChI=1S/C14H16FNO5/c1-20-14(19)12(17)9-13(18)16(21-2)8-7-10-3-5-11(15)6-4-10/h3-6,9,17H,7-8H2,1-2H3/b12-9-. The Hall–Kier alpha value is -2.41. The van der Waals surface area contributed by atoms with E-state index in [0.29, 0.717) is 12.5 Å². The van der Waals surface area contributed by atoms with Gasteiger partial charge in [-0.1, -0.05) is 12.1 Å². The van der Waals surface area contributed by atoms with Gasteiger partial charge in [-0.15, -0.1) is 0 Å². The monoisotopic (exact) mass is 297 g/mol. The Morgan fingerprint density at radius 3 is 2.43 bits per heavy atom. The lowest BCUT2D eigenvalue weighted by molar-refractivity contribution is -0.170. The van der Waals surface area contributed by atoms with Gasteiger partial charge in [0.25, 0.3) is 5.91 Å². The molecular formula is C14H16FNO5. The Kier molecular flexibility index (Phi) is 6.35. The molecule has 7 heteroatoms. The predicted octanol–water partition coefficient (Wildman–Crippen LogP) is 1.37. The van der Waals surface area contributed by atoms with Crippen LogP contribution in [0.15, 0.2) is 36.1 Å². The summed E-state index contributed by atoms with van der Waals surface area (Å²) < 4.78 is 17.0. The van der Waals surface area contributed by atoms with Crippen LogP contribution in [-0.4, -0.2) is 42.8 Å². The number of amides is 1. The molecule has 1 aromatic rings. The number of esters is 1. The van der Waals surface area contributed by atoms with E-state index in [1.807, 2.05) is 0 Å². The highest BCUT2D eigenvalue weighted by Gasteiger charge is 2.15.